The summed E-state index contributed by atoms with van der Waals surface area (Å²) < 4.78 is 22.1. The van der Waals surface area contributed by atoms with E-state index in [4.69, 9.17) is 4.42 Å². The van der Waals surface area contributed by atoms with Gasteiger partial charge in [0.15, 0.2) is 35.1 Å². The van der Waals surface area contributed by atoms with Crippen LogP contribution in [0.5, 0.6) is 0 Å². The van der Waals surface area contributed by atoms with Crippen molar-refractivity contribution in [3.8, 4) is 0 Å². The first-order chi connectivity index (χ1) is 56.1. The predicted molar refractivity (Wildman–Crippen MR) is 462 cm³/mol. The number of anilines is 4. The van der Waals surface area contributed by atoms with Crippen molar-refractivity contribution in [2.75, 3.05) is 45.8 Å². The fourth-order valence-electron chi connectivity index (χ4n) is 29.7. The molecular weight excluding hydrogens is 1460 g/mol. The number of fused-ring (bicyclic) bond motifs is 4. The van der Waals surface area contributed by atoms with Crippen LogP contribution in [0.2, 0.25) is 0 Å². The maximum atomic E-state index is 6.00. The SMILES string of the molecule is CC1C(c2cccc[n+]2C)C2(C)CCN1C2.CC1C(c2cccc[n+]2C)C2CCN1C2.CC1N(c2cccc[n+]2C)C23CCC1(CC2)c1ccn(C)c13.CC1N(c2cccc[n+]2C)C23CCC1(CC2)c1ccoc13.CC1N(c2cccc[n+]2C)C23CCC1(CC2)c1ccsc13.CC1N(c2cccc[n+]2C)C23CCC1(CC2)c1cscc13. The van der Waals surface area contributed by atoms with Crippen LogP contribution in [0.15, 0.2) is 198 Å². The van der Waals surface area contributed by atoms with E-state index in [1.54, 1.807) is 32.8 Å². The number of thiophene rings is 2. The van der Waals surface area contributed by atoms with Gasteiger partial charge in [0.05, 0.1) is 81.6 Å². The first kappa shape index (κ1) is 75.5. The lowest BCUT2D eigenvalue weighted by atomic mass is 9.48. The fraction of sp³-hybridized carbons (Fsp3) is 0.540. The minimum absolute atomic E-state index is 0.0807. The maximum absolute atomic E-state index is 6.00. The van der Waals surface area contributed by atoms with Crippen molar-refractivity contribution >= 4 is 45.9 Å². The summed E-state index contributed by atoms with van der Waals surface area (Å²) in [5.74, 6) is 9.05. The van der Waals surface area contributed by atoms with E-state index >= 15 is 0 Å². The molecule has 28 aliphatic rings. The third kappa shape index (κ3) is 10.2. The van der Waals surface area contributed by atoms with Gasteiger partial charge in [-0.3, -0.25) is 9.80 Å². The van der Waals surface area contributed by atoms with Gasteiger partial charge in [-0.1, -0.05) is 43.3 Å². The Kier molecular flexibility index (Phi) is 17.6. The Bertz CT molecular complexity index is 5120. The molecule has 604 valence electrons. The average Bonchev–Trinajstić information content (AvgIpc) is 1.22. The molecule has 12 unspecified atom stereocenters. The number of pyridine rings is 6. The lowest BCUT2D eigenvalue weighted by Crippen LogP contribution is -2.73. The quantitative estimate of drug-likeness (QED) is 0.154. The number of rotatable bonds is 6. The molecule has 26 heterocycles. The van der Waals surface area contributed by atoms with Crippen LogP contribution in [-0.4, -0.2) is 76.8 Å². The highest BCUT2D eigenvalue weighted by atomic mass is 32.1. The highest BCUT2D eigenvalue weighted by molar-refractivity contribution is 7.10. The molecule has 0 aromatic carbocycles. The third-order valence-corrected chi connectivity index (χ3v) is 37.5. The first-order valence-electron chi connectivity index (χ1n) is 44.8. The first-order valence-corrected chi connectivity index (χ1v) is 46.6. The number of aromatic nitrogens is 7. The number of aryl methyl sites for hydroxylation is 7. The normalized spacial score (nSPS) is 37.0. The van der Waals surface area contributed by atoms with E-state index in [9.17, 15) is 0 Å². The molecule has 16 heteroatoms. The van der Waals surface area contributed by atoms with E-state index in [-0.39, 0.29) is 22.2 Å². The lowest BCUT2D eigenvalue weighted by Gasteiger charge is -2.65. The Morgan fingerprint density at radius 2 is 0.853 bits per heavy atom. The van der Waals surface area contributed by atoms with Gasteiger partial charge >= 0.3 is 0 Å². The Balaban J connectivity index is 0.0000000874. The topological polar surface area (TPSA) is 60.8 Å². The van der Waals surface area contributed by atoms with Gasteiger partial charge in [0.1, 0.15) is 54.9 Å². The van der Waals surface area contributed by atoms with Crippen molar-refractivity contribution in [1.29, 1.82) is 0 Å². The maximum Gasteiger partial charge on any atom is 0.277 e. The molecule has 16 fully saturated rings. The molecule has 38 rings (SSSR count). The van der Waals surface area contributed by atoms with Crippen LogP contribution in [0.4, 0.5) is 23.3 Å². The Morgan fingerprint density at radius 3 is 1.36 bits per heavy atom. The second-order valence-electron chi connectivity index (χ2n) is 39.7. The second-order valence-corrected chi connectivity index (χ2v) is 41.4. The van der Waals surface area contributed by atoms with Gasteiger partial charge in [0.2, 0.25) is 0 Å². The van der Waals surface area contributed by atoms with Crippen molar-refractivity contribution in [2.45, 2.75) is 256 Å². The van der Waals surface area contributed by atoms with Crippen LogP contribution in [0.25, 0.3) is 0 Å². The molecular formula is C100H127N13OS2+6. The summed E-state index contributed by atoms with van der Waals surface area (Å²) in [4.78, 5) is 17.9. The van der Waals surface area contributed by atoms with E-state index in [1.807, 2.05) is 28.9 Å². The monoisotopic (exact) mass is 1590 g/mol. The van der Waals surface area contributed by atoms with Crippen molar-refractivity contribution in [2.24, 2.45) is 60.7 Å². The minimum atomic E-state index is 0.0807. The molecule has 10 aromatic heterocycles. The standard InChI is InChI=1S/C19H24N3.C18H21N2O.2C18H21N2S.C14H21N2.C13H19N2/c1-14-18-8-10-19(11-9-18,17-15(18)7-13-21(17)3)22(14)16-6-4-5-12-20(16)2;2*1-13-17-7-9-18(10-8-17,16-14(17)6-12-21-16)20(13)15-5-3-4-11-19(15)2;1-13-17-6-8-18(9-7-17,15-12-21-11-14(15)17)20(13)16-5-3-4-10-19(16)2;1-11-13(12-6-4-5-8-15(12)3)14(2)7-9-16(11)10-14;1-10-13(11-6-8-15(10)9-11)12-5-3-4-7-14(12)2/h4-7,12-14H,8-11H2,1-3H3;2*3-6,11-13H,7-10H2,1-2H3;3-5,10-13H,6-9H2,1-2H3;4-6,8,11,13H,7,9-10H2,1-3H3;3-5,7,10-11,13H,6,8-9H2,1-2H3/q6*+1. The molecule has 12 aliphatic carbocycles. The molecule has 0 amide bonds. The van der Waals surface area contributed by atoms with Crippen molar-refractivity contribution in [1.82, 2.24) is 14.4 Å². The van der Waals surface area contributed by atoms with Gasteiger partial charge in [0, 0.05) is 120 Å². The van der Waals surface area contributed by atoms with E-state index in [0.29, 0.717) is 63.2 Å². The van der Waals surface area contributed by atoms with Crippen molar-refractivity contribution < 1.29 is 31.8 Å². The summed E-state index contributed by atoms with van der Waals surface area (Å²) in [7, 11) is 15.3. The Labute approximate surface area is 698 Å². The molecule has 10 aromatic rings. The lowest BCUT2D eigenvalue weighted by molar-refractivity contribution is -0.681. The highest BCUT2D eigenvalue weighted by Gasteiger charge is 2.75. The number of hydrogen-bond donors (Lipinski definition) is 0. The van der Waals surface area contributed by atoms with Crippen LogP contribution < -0.4 is 47.0 Å². The smallest absolute Gasteiger partial charge is 0.277 e. The van der Waals surface area contributed by atoms with E-state index < -0.39 is 0 Å². The van der Waals surface area contributed by atoms with Gasteiger partial charge in [0.25, 0.3) is 23.3 Å². The van der Waals surface area contributed by atoms with Crippen LogP contribution in [0.1, 0.15) is 231 Å². The van der Waals surface area contributed by atoms with Crippen molar-refractivity contribution in [3.63, 3.8) is 0 Å². The molecule has 12 atom stereocenters. The van der Waals surface area contributed by atoms with Gasteiger partial charge in [-0.2, -0.15) is 11.3 Å². The number of furan rings is 1. The van der Waals surface area contributed by atoms with Gasteiger partial charge in [-0.05, 0) is 257 Å². The summed E-state index contributed by atoms with van der Waals surface area (Å²) in [5, 5.41) is 7.21. The largest absolute Gasteiger partial charge is 0.464 e. The molecule has 12 bridgehead atoms. The average molecular weight is 1590 g/mol. The molecule has 12 saturated heterocycles. The Morgan fingerprint density at radius 1 is 0.405 bits per heavy atom. The van der Waals surface area contributed by atoms with Crippen LogP contribution in [0, 0.1) is 11.3 Å². The predicted octanol–water partition coefficient (Wildman–Crippen LogP) is 15.8. The molecule has 16 aliphatic heterocycles. The number of hydrogen-bond acceptors (Lipinski definition) is 9. The van der Waals surface area contributed by atoms with E-state index in [0.717, 1.165) is 17.9 Å². The Hall–Kier alpha value is -8.02. The van der Waals surface area contributed by atoms with Gasteiger partial charge in [-0.25, -0.2) is 47.0 Å². The van der Waals surface area contributed by atoms with Crippen molar-refractivity contribution in [3.05, 3.63) is 249 Å². The van der Waals surface area contributed by atoms with E-state index in [1.165, 1.54) is 188 Å². The number of nitrogens with zero attached hydrogens (tertiary/aromatic N) is 13. The molecule has 0 N–H and O–H groups in total. The van der Waals surface area contributed by atoms with Gasteiger partial charge in [-0.15, -0.1) is 11.3 Å². The van der Waals surface area contributed by atoms with Crippen LogP contribution in [-0.2, 0) is 93.1 Å². The second kappa shape index (κ2) is 27.0. The zero-order valence-corrected chi connectivity index (χ0v) is 73.4. The molecule has 14 nitrogen and oxygen atoms in total. The summed E-state index contributed by atoms with van der Waals surface area (Å²) in [6.45, 7) is 22.2. The number of piperidine rings is 10. The molecule has 4 saturated carbocycles. The minimum Gasteiger partial charge on any atom is -0.464 e. The summed E-state index contributed by atoms with van der Waals surface area (Å²) >= 11 is 3.90. The molecule has 0 spiro atoms. The third-order valence-electron chi connectivity index (χ3n) is 35.6. The van der Waals surface area contributed by atoms with Crippen LogP contribution in [0.3, 0.4) is 0 Å². The summed E-state index contributed by atoms with van der Waals surface area (Å²) in [6, 6.07) is 50.3. The fourth-order valence-corrected chi connectivity index (χ4v) is 32.0. The molecule has 116 heavy (non-hydrogen) atoms. The van der Waals surface area contributed by atoms with Crippen LogP contribution >= 0.6 is 22.7 Å². The van der Waals surface area contributed by atoms with E-state index in [2.05, 4.69) is 346 Å². The zero-order valence-electron chi connectivity index (χ0n) is 71.8. The zero-order chi connectivity index (χ0) is 79.6. The molecule has 0 radical (unpaired) electrons. The summed E-state index contributed by atoms with van der Waals surface area (Å²) in [5.41, 5.74) is 15.5. The summed E-state index contributed by atoms with van der Waals surface area (Å²) in [6.07, 6.45) is 41.2. The van der Waals surface area contributed by atoms with Gasteiger partial charge < -0.3 is 8.98 Å². The highest BCUT2D eigenvalue weighted by Crippen LogP contribution is 2.71.